The Morgan fingerprint density at radius 1 is 1.35 bits per heavy atom. The third kappa shape index (κ3) is 2.89. The predicted molar refractivity (Wildman–Crippen MR) is 62.7 cm³/mol. The third-order valence-corrected chi connectivity index (χ3v) is 3.26. The maximum absolute atomic E-state index is 13.6. The van der Waals surface area contributed by atoms with Crippen LogP contribution in [0.15, 0.2) is 18.3 Å². The minimum atomic E-state index is -0.308. The van der Waals surface area contributed by atoms with Gasteiger partial charge in [-0.2, -0.15) is 13.9 Å². The molecule has 0 fully saturated rings. The van der Waals surface area contributed by atoms with Crippen LogP contribution >= 0.6 is 11.3 Å². The fourth-order valence-electron chi connectivity index (χ4n) is 1.52. The zero-order valence-electron chi connectivity index (χ0n) is 9.41. The van der Waals surface area contributed by atoms with E-state index in [0.29, 0.717) is 25.2 Å². The molecule has 0 spiro atoms. The van der Waals surface area contributed by atoms with Crippen LogP contribution < -0.4 is 5.32 Å². The van der Waals surface area contributed by atoms with Gasteiger partial charge in [0.2, 0.25) is 5.95 Å². The molecule has 0 amide bonds. The van der Waals surface area contributed by atoms with Crippen LogP contribution in [-0.2, 0) is 19.6 Å². The highest BCUT2D eigenvalue weighted by molar-refractivity contribution is 7.10. The predicted octanol–water partition coefficient (Wildman–Crippen LogP) is 2.53. The van der Waals surface area contributed by atoms with E-state index in [1.807, 2.05) is 6.92 Å². The van der Waals surface area contributed by atoms with Crippen molar-refractivity contribution in [2.45, 2.75) is 26.6 Å². The fraction of sp³-hybridized carbons (Fsp3) is 0.364. The highest BCUT2D eigenvalue weighted by Gasteiger charge is 2.08. The molecule has 2 aromatic heterocycles. The molecule has 6 heteroatoms. The molecule has 0 bridgehead atoms. The Labute approximate surface area is 102 Å². The van der Waals surface area contributed by atoms with Gasteiger partial charge < -0.3 is 5.32 Å². The Hall–Kier alpha value is -1.27. The first-order chi connectivity index (χ1) is 8.20. The van der Waals surface area contributed by atoms with Crippen molar-refractivity contribution in [3.8, 4) is 0 Å². The summed E-state index contributed by atoms with van der Waals surface area (Å²) in [5, 5.41) is 6.77. The van der Waals surface area contributed by atoms with Gasteiger partial charge in [-0.05, 0) is 19.1 Å². The van der Waals surface area contributed by atoms with Gasteiger partial charge >= 0.3 is 0 Å². The second-order valence-corrected chi connectivity index (χ2v) is 4.70. The zero-order chi connectivity index (χ0) is 12.3. The Morgan fingerprint density at radius 3 is 2.76 bits per heavy atom. The molecule has 1 N–H and O–H groups in total. The van der Waals surface area contributed by atoms with E-state index >= 15 is 0 Å². The van der Waals surface area contributed by atoms with Gasteiger partial charge in [-0.25, -0.2) is 4.68 Å². The fourth-order valence-corrected chi connectivity index (χ4v) is 2.21. The number of nitrogens with one attached hydrogen (secondary N) is 1. The van der Waals surface area contributed by atoms with Crippen molar-refractivity contribution in [3.05, 3.63) is 39.8 Å². The lowest BCUT2D eigenvalue weighted by Crippen LogP contribution is -2.12. The van der Waals surface area contributed by atoms with Gasteiger partial charge in [-0.15, -0.1) is 11.3 Å². The van der Waals surface area contributed by atoms with E-state index in [4.69, 9.17) is 0 Å². The molecule has 2 heterocycles. The Bertz CT molecular complexity index is 493. The van der Waals surface area contributed by atoms with Gasteiger partial charge in [0.1, 0.15) is 0 Å². The van der Waals surface area contributed by atoms with Gasteiger partial charge in [0.25, 0.3) is 0 Å². The molecule has 0 atom stereocenters. The van der Waals surface area contributed by atoms with Crippen molar-refractivity contribution in [1.29, 1.82) is 0 Å². The number of aryl methyl sites for hydroxylation is 1. The standard InChI is InChI=1S/C11H13F2N3S/c1-2-16-11(13)8(6-15-16)5-14-7-9-3-4-10(12)17-9/h3-4,6,14H,2,5,7H2,1H3. The summed E-state index contributed by atoms with van der Waals surface area (Å²) in [5.74, 6) is -0.308. The van der Waals surface area contributed by atoms with Crippen LogP contribution in [0.4, 0.5) is 8.78 Å². The van der Waals surface area contributed by atoms with E-state index in [9.17, 15) is 8.78 Å². The number of hydrogen-bond donors (Lipinski definition) is 1. The second kappa shape index (κ2) is 5.37. The largest absolute Gasteiger partial charge is 0.308 e. The molecule has 0 aliphatic heterocycles. The van der Waals surface area contributed by atoms with E-state index in [0.717, 1.165) is 16.2 Å². The number of hydrogen-bond acceptors (Lipinski definition) is 3. The number of thiophene rings is 1. The van der Waals surface area contributed by atoms with Crippen molar-refractivity contribution in [2.24, 2.45) is 0 Å². The highest BCUT2D eigenvalue weighted by atomic mass is 32.1. The van der Waals surface area contributed by atoms with Gasteiger partial charge in [0.05, 0.1) is 6.20 Å². The summed E-state index contributed by atoms with van der Waals surface area (Å²) in [5.41, 5.74) is 0.531. The average molecular weight is 257 g/mol. The van der Waals surface area contributed by atoms with Crippen molar-refractivity contribution in [2.75, 3.05) is 0 Å². The Balaban J connectivity index is 1.87. The molecule has 2 aromatic rings. The van der Waals surface area contributed by atoms with Gasteiger partial charge in [-0.1, -0.05) is 0 Å². The first kappa shape index (κ1) is 12.2. The van der Waals surface area contributed by atoms with E-state index in [2.05, 4.69) is 10.4 Å². The molecule has 0 aliphatic carbocycles. The normalized spacial score (nSPS) is 11.0. The van der Waals surface area contributed by atoms with Gasteiger partial charge in [-0.3, -0.25) is 0 Å². The Morgan fingerprint density at radius 2 is 2.18 bits per heavy atom. The lowest BCUT2D eigenvalue weighted by atomic mass is 10.3. The van der Waals surface area contributed by atoms with Crippen LogP contribution in [0.5, 0.6) is 0 Å². The molecule has 3 nitrogen and oxygen atoms in total. The molecule has 0 unspecified atom stereocenters. The van der Waals surface area contributed by atoms with Gasteiger partial charge in [0, 0.05) is 30.1 Å². The van der Waals surface area contributed by atoms with Crippen LogP contribution in [0.3, 0.4) is 0 Å². The molecular formula is C11H13F2N3S. The lowest BCUT2D eigenvalue weighted by molar-refractivity contribution is 0.460. The van der Waals surface area contributed by atoms with E-state index in [1.54, 1.807) is 6.07 Å². The summed E-state index contributed by atoms with van der Waals surface area (Å²) in [6, 6.07) is 3.15. The monoisotopic (exact) mass is 257 g/mol. The van der Waals surface area contributed by atoms with Crippen LogP contribution in [-0.4, -0.2) is 9.78 Å². The molecule has 17 heavy (non-hydrogen) atoms. The summed E-state index contributed by atoms with van der Waals surface area (Å²) in [7, 11) is 0. The molecule has 0 saturated carbocycles. The molecule has 0 radical (unpaired) electrons. The quantitative estimate of drug-likeness (QED) is 0.892. The first-order valence-electron chi connectivity index (χ1n) is 5.35. The van der Waals surface area contributed by atoms with Crippen molar-refractivity contribution < 1.29 is 8.78 Å². The maximum Gasteiger partial charge on any atom is 0.215 e. The van der Waals surface area contributed by atoms with Crippen LogP contribution in [0.1, 0.15) is 17.4 Å². The summed E-state index contributed by atoms with van der Waals surface area (Å²) < 4.78 is 27.6. The lowest BCUT2D eigenvalue weighted by Gasteiger charge is -2.01. The van der Waals surface area contributed by atoms with Crippen molar-refractivity contribution in [1.82, 2.24) is 15.1 Å². The molecule has 0 saturated heterocycles. The summed E-state index contributed by atoms with van der Waals surface area (Å²) in [4.78, 5) is 0.894. The van der Waals surface area contributed by atoms with Crippen LogP contribution in [0.25, 0.3) is 0 Å². The number of rotatable bonds is 5. The summed E-state index contributed by atoms with van der Waals surface area (Å²) in [6.45, 7) is 3.28. The number of nitrogens with zero attached hydrogens (tertiary/aromatic N) is 2. The van der Waals surface area contributed by atoms with Crippen LogP contribution in [0, 0.1) is 11.1 Å². The molecule has 0 aromatic carbocycles. The maximum atomic E-state index is 13.6. The minimum Gasteiger partial charge on any atom is -0.308 e. The van der Waals surface area contributed by atoms with Crippen LogP contribution in [0.2, 0.25) is 0 Å². The summed E-state index contributed by atoms with van der Waals surface area (Å²) >= 11 is 1.09. The first-order valence-corrected chi connectivity index (χ1v) is 6.17. The average Bonchev–Trinajstić information content (AvgIpc) is 2.87. The molecule has 2 rings (SSSR count). The van der Waals surface area contributed by atoms with Gasteiger partial charge in [0.15, 0.2) is 5.13 Å². The van der Waals surface area contributed by atoms with E-state index < -0.39 is 0 Å². The topological polar surface area (TPSA) is 29.9 Å². The Kier molecular flexibility index (Phi) is 3.86. The molecular weight excluding hydrogens is 244 g/mol. The van der Waals surface area contributed by atoms with Crippen molar-refractivity contribution >= 4 is 11.3 Å². The molecule has 92 valence electrons. The SMILES string of the molecule is CCn1ncc(CNCc2ccc(F)s2)c1F. The van der Waals surface area contributed by atoms with E-state index in [-0.39, 0.29) is 11.1 Å². The zero-order valence-corrected chi connectivity index (χ0v) is 10.2. The van der Waals surface area contributed by atoms with E-state index in [1.165, 1.54) is 16.9 Å². The second-order valence-electron chi connectivity index (χ2n) is 3.59. The van der Waals surface area contributed by atoms with Crippen molar-refractivity contribution in [3.63, 3.8) is 0 Å². The highest BCUT2D eigenvalue weighted by Crippen LogP contribution is 2.14. The number of aromatic nitrogens is 2. The minimum absolute atomic E-state index is 0.202. The number of halogens is 2. The summed E-state index contributed by atoms with van der Waals surface area (Å²) in [6.07, 6.45) is 1.51. The third-order valence-electron chi connectivity index (χ3n) is 2.39. The smallest absolute Gasteiger partial charge is 0.215 e. The molecule has 0 aliphatic rings.